The van der Waals surface area contributed by atoms with E-state index in [1.54, 1.807) is 30.3 Å². The molecule has 1 N–H and O–H groups in total. The minimum atomic E-state index is -0.639. The van der Waals surface area contributed by atoms with E-state index in [0.717, 1.165) is 11.7 Å². The molecule has 0 saturated carbocycles. The van der Waals surface area contributed by atoms with Gasteiger partial charge in [0.15, 0.2) is 18.1 Å². The number of hydrogen-bond acceptors (Lipinski definition) is 8. The van der Waals surface area contributed by atoms with Crippen LogP contribution in [0.4, 0.5) is 5.69 Å². The van der Waals surface area contributed by atoms with Crippen molar-refractivity contribution in [1.82, 2.24) is 8.75 Å². The second-order valence-electron chi connectivity index (χ2n) is 5.36. The van der Waals surface area contributed by atoms with Crippen LogP contribution < -0.4 is 14.8 Å². The Balaban J connectivity index is 1.61. The lowest BCUT2D eigenvalue weighted by Gasteiger charge is -2.11. The first-order valence-corrected chi connectivity index (χ1v) is 8.84. The molecule has 0 aliphatic carbocycles. The summed E-state index contributed by atoms with van der Waals surface area (Å²) in [7, 11) is 1.48. The van der Waals surface area contributed by atoms with Crippen LogP contribution in [0.3, 0.4) is 0 Å². The van der Waals surface area contributed by atoms with Crippen molar-refractivity contribution >= 4 is 40.3 Å². The van der Waals surface area contributed by atoms with Crippen LogP contribution in [0.25, 0.3) is 11.0 Å². The number of aromatic nitrogens is 2. The molecule has 8 nitrogen and oxygen atoms in total. The molecule has 0 unspecified atom stereocenters. The maximum atomic E-state index is 12.2. The topological polar surface area (TPSA) is 99.6 Å². The molecule has 0 radical (unpaired) electrons. The van der Waals surface area contributed by atoms with Crippen LogP contribution in [0.15, 0.2) is 36.4 Å². The highest BCUT2D eigenvalue weighted by Crippen LogP contribution is 2.28. The van der Waals surface area contributed by atoms with Crippen LogP contribution in [-0.2, 0) is 9.53 Å². The van der Waals surface area contributed by atoms with Crippen LogP contribution in [0, 0.1) is 0 Å². The number of carbonyl (C=O) groups excluding carboxylic acids is 2. The number of methoxy groups -OCH3 is 1. The number of nitrogens with one attached hydrogen (secondary N) is 1. The monoisotopic (exact) mass is 387 g/mol. The van der Waals surface area contributed by atoms with Crippen LogP contribution in [-0.4, -0.2) is 40.9 Å². The zero-order chi connectivity index (χ0) is 19.2. The van der Waals surface area contributed by atoms with E-state index >= 15 is 0 Å². The van der Waals surface area contributed by atoms with Crippen molar-refractivity contribution in [3.05, 3.63) is 42.0 Å². The number of esters is 1. The molecule has 1 aromatic heterocycles. The minimum absolute atomic E-state index is 0.258. The predicted octanol–water partition coefficient (Wildman–Crippen LogP) is 2.89. The number of anilines is 1. The Bertz CT molecular complexity index is 973. The Hall–Kier alpha value is -3.20. The molecular formula is C18H17N3O5S. The van der Waals surface area contributed by atoms with Gasteiger partial charge >= 0.3 is 5.97 Å². The number of ether oxygens (including phenoxy) is 3. The van der Waals surface area contributed by atoms with Crippen LogP contribution in [0.1, 0.15) is 17.3 Å². The van der Waals surface area contributed by atoms with Gasteiger partial charge in [-0.2, -0.15) is 8.75 Å². The summed E-state index contributed by atoms with van der Waals surface area (Å²) < 4.78 is 23.9. The first kappa shape index (κ1) is 18.6. The van der Waals surface area contributed by atoms with E-state index in [-0.39, 0.29) is 5.56 Å². The van der Waals surface area contributed by atoms with E-state index in [1.165, 1.54) is 13.2 Å². The molecule has 0 aliphatic heterocycles. The highest BCUT2D eigenvalue weighted by atomic mass is 32.1. The SMILES string of the molecule is CCOc1ccc(C(=O)OCC(=O)Nc2cccc3nsnc23)cc1OC. The van der Waals surface area contributed by atoms with Gasteiger partial charge in [-0.3, -0.25) is 4.79 Å². The van der Waals surface area contributed by atoms with Crippen molar-refractivity contribution in [1.29, 1.82) is 0 Å². The standard InChI is InChI=1S/C18H17N3O5S/c1-3-25-14-8-7-11(9-15(14)24-2)18(23)26-10-16(22)19-12-5-4-6-13-17(12)21-27-20-13/h4-9H,3,10H2,1-2H3,(H,19,22). The lowest BCUT2D eigenvalue weighted by atomic mass is 10.2. The molecule has 1 amide bonds. The highest BCUT2D eigenvalue weighted by molar-refractivity contribution is 7.00. The average Bonchev–Trinajstić information content (AvgIpc) is 3.16. The summed E-state index contributed by atoms with van der Waals surface area (Å²) in [5.74, 6) is -0.167. The zero-order valence-electron chi connectivity index (χ0n) is 14.7. The van der Waals surface area contributed by atoms with E-state index in [9.17, 15) is 9.59 Å². The predicted molar refractivity (Wildman–Crippen MR) is 100 cm³/mol. The lowest BCUT2D eigenvalue weighted by Crippen LogP contribution is -2.21. The molecule has 1 heterocycles. The molecule has 0 saturated heterocycles. The highest BCUT2D eigenvalue weighted by Gasteiger charge is 2.15. The molecular weight excluding hydrogens is 370 g/mol. The molecule has 0 aliphatic rings. The summed E-state index contributed by atoms with van der Waals surface area (Å²) in [4.78, 5) is 24.3. The molecule has 3 aromatic rings. The van der Waals surface area contributed by atoms with Gasteiger partial charge in [-0.25, -0.2) is 4.79 Å². The van der Waals surface area contributed by atoms with Crippen molar-refractivity contribution in [3.63, 3.8) is 0 Å². The second kappa shape index (κ2) is 8.45. The molecule has 0 atom stereocenters. The summed E-state index contributed by atoms with van der Waals surface area (Å²) in [6, 6.07) is 9.95. The van der Waals surface area contributed by atoms with Gasteiger partial charge < -0.3 is 19.5 Å². The van der Waals surface area contributed by atoms with Gasteiger partial charge in [0.05, 0.1) is 36.7 Å². The van der Waals surface area contributed by atoms with Crippen molar-refractivity contribution in [2.45, 2.75) is 6.92 Å². The third-order valence-corrected chi connectivity index (χ3v) is 4.14. The number of carbonyl (C=O) groups is 2. The van der Waals surface area contributed by atoms with Crippen molar-refractivity contribution in [2.24, 2.45) is 0 Å². The fraction of sp³-hybridized carbons (Fsp3) is 0.222. The third kappa shape index (κ3) is 4.32. The first-order chi connectivity index (χ1) is 13.1. The van der Waals surface area contributed by atoms with E-state index in [2.05, 4.69) is 14.1 Å². The average molecular weight is 387 g/mol. The van der Waals surface area contributed by atoms with Crippen LogP contribution in [0.2, 0.25) is 0 Å². The number of hydrogen-bond donors (Lipinski definition) is 1. The van der Waals surface area contributed by atoms with Crippen molar-refractivity contribution in [2.75, 3.05) is 25.6 Å². The Kier molecular flexibility index (Phi) is 5.82. The van der Waals surface area contributed by atoms with E-state index in [0.29, 0.717) is 34.8 Å². The summed E-state index contributed by atoms with van der Waals surface area (Å²) in [5, 5.41) is 2.67. The van der Waals surface area contributed by atoms with Crippen molar-refractivity contribution in [3.8, 4) is 11.5 Å². The van der Waals surface area contributed by atoms with Gasteiger partial charge in [-0.1, -0.05) is 6.07 Å². The number of amides is 1. The molecule has 0 bridgehead atoms. The van der Waals surface area contributed by atoms with Gasteiger partial charge in [0.25, 0.3) is 5.91 Å². The second-order valence-corrected chi connectivity index (χ2v) is 5.89. The number of benzene rings is 2. The van der Waals surface area contributed by atoms with Crippen LogP contribution >= 0.6 is 11.7 Å². The molecule has 0 fully saturated rings. The third-order valence-electron chi connectivity index (χ3n) is 3.59. The van der Waals surface area contributed by atoms with Gasteiger partial charge in [-0.05, 0) is 37.3 Å². The molecule has 9 heteroatoms. The number of nitrogens with zero attached hydrogens (tertiary/aromatic N) is 2. The summed E-state index contributed by atoms with van der Waals surface area (Å²) in [6.07, 6.45) is 0. The van der Waals surface area contributed by atoms with E-state index in [1.807, 2.05) is 6.92 Å². The molecule has 2 aromatic carbocycles. The molecule has 0 spiro atoms. The normalized spacial score (nSPS) is 10.4. The maximum Gasteiger partial charge on any atom is 0.338 e. The summed E-state index contributed by atoms with van der Waals surface area (Å²) in [5.41, 5.74) is 2.06. The van der Waals surface area contributed by atoms with Gasteiger partial charge in [0.1, 0.15) is 11.0 Å². The Morgan fingerprint density at radius 1 is 1.15 bits per heavy atom. The van der Waals surface area contributed by atoms with Gasteiger partial charge in [0, 0.05) is 0 Å². The molecule has 3 rings (SSSR count). The quantitative estimate of drug-likeness (QED) is 0.622. The number of rotatable bonds is 7. The van der Waals surface area contributed by atoms with Gasteiger partial charge in [-0.15, -0.1) is 0 Å². The van der Waals surface area contributed by atoms with E-state index in [4.69, 9.17) is 14.2 Å². The van der Waals surface area contributed by atoms with Crippen LogP contribution in [0.5, 0.6) is 11.5 Å². The Morgan fingerprint density at radius 2 is 2.00 bits per heavy atom. The van der Waals surface area contributed by atoms with Crippen molar-refractivity contribution < 1.29 is 23.8 Å². The summed E-state index contributed by atoms with van der Waals surface area (Å²) in [6.45, 7) is 1.90. The maximum absolute atomic E-state index is 12.2. The first-order valence-electron chi connectivity index (χ1n) is 8.11. The molecule has 27 heavy (non-hydrogen) atoms. The zero-order valence-corrected chi connectivity index (χ0v) is 15.5. The number of fused-ring (bicyclic) bond motifs is 1. The lowest BCUT2D eigenvalue weighted by molar-refractivity contribution is -0.119. The van der Waals surface area contributed by atoms with E-state index < -0.39 is 18.5 Å². The largest absolute Gasteiger partial charge is 0.493 e. The Morgan fingerprint density at radius 3 is 2.78 bits per heavy atom. The Labute approximate surface area is 159 Å². The molecule has 140 valence electrons. The van der Waals surface area contributed by atoms with Gasteiger partial charge in [0.2, 0.25) is 0 Å². The fourth-order valence-electron chi connectivity index (χ4n) is 2.38. The summed E-state index contributed by atoms with van der Waals surface area (Å²) >= 11 is 1.06. The minimum Gasteiger partial charge on any atom is -0.493 e. The smallest absolute Gasteiger partial charge is 0.338 e. The fourth-order valence-corrected chi connectivity index (χ4v) is 2.93.